The lowest BCUT2D eigenvalue weighted by molar-refractivity contribution is -0.385. The van der Waals surface area contributed by atoms with Gasteiger partial charge in [-0.05, 0) is 31.2 Å². The Morgan fingerprint density at radius 2 is 1.39 bits per heavy atom. The van der Waals surface area contributed by atoms with Crippen molar-refractivity contribution in [3.8, 4) is 0 Å². The number of rotatable bonds is 4. The largest absolute Gasteiger partial charge is 0.335 e. The van der Waals surface area contributed by atoms with Crippen molar-refractivity contribution in [3.63, 3.8) is 0 Å². The molecule has 0 radical (unpaired) electrons. The molecule has 3 rings (SSSR count). The van der Waals surface area contributed by atoms with Gasteiger partial charge in [-0.25, -0.2) is 8.78 Å². The molecule has 1 atom stereocenters. The summed E-state index contributed by atoms with van der Waals surface area (Å²) in [6.45, 7) is 1.59. The molecule has 1 aliphatic rings. The smallest absolute Gasteiger partial charge is 0.285 e. The Morgan fingerprint density at radius 3 is 1.84 bits per heavy atom. The number of piperazine rings is 1. The van der Waals surface area contributed by atoms with E-state index in [4.69, 9.17) is 0 Å². The molecule has 2 amide bonds. The van der Waals surface area contributed by atoms with Gasteiger partial charge in [0.15, 0.2) is 0 Å². The molecule has 2 aromatic carbocycles. The average molecular weight is 434 g/mol. The van der Waals surface area contributed by atoms with Gasteiger partial charge >= 0.3 is 0 Å². The topological polar surface area (TPSA) is 127 Å². The van der Waals surface area contributed by atoms with Crippen LogP contribution in [0.3, 0.4) is 0 Å². The number of nitro groups is 2. The first-order chi connectivity index (χ1) is 14.6. The zero-order valence-electron chi connectivity index (χ0n) is 16.2. The van der Waals surface area contributed by atoms with Gasteiger partial charge in [0.1, 0.15) is 22.8 Å². The summed E-state index contributed by atoms with van der Waals surface area (Å²) in [6, 6.07) is 4.67. The molecule has 0 saturated carbocycles. The van der Waals surface area contributed by atoms with E-state index in [2.05, 4.69) is 0 Å². The third-order valence-corrected chi connectivity index (χ3v) is 4.95. The highest BCUT2D eigenvalue weighted by Gasteiger charge is 2.35. The lowest BCUT2D eigenvalue weighted by atomic mass is 10.1. The molecular formula is C19H16F2N4O6. The molecular weight excluding hydrogens is 418 g/mol. The van der Waals surface area contributed by atoms with Crippen molar-refractivity contribution in [2.24, 2.45) is 0 Å². The fraction of sp³-hybridized carbons (Fsp3) is 0.263. The standard InChI is InChI=1S/C19H16F2N4O6/c1-11-10-22(18(26)14-4-2-12(20)8-16(14)24(28)29)6-7-23(11)19(27)15-5-3-13(21)9-17(15)25(30)31/h2-5,8-9,11H,6-7,10H2,1H3. The Labute approximate surface area is 174 Å². The number of carbonyl (C=O) groups excluding carboxylic acids is 2. The fourth-order valence-corrected chi connectivity index (χ4v) is 3.44. The molecule has 0 bridgehead atoms. The van der Waals surface area contributed by atoms with Crippen LogP contribution in [0.2, 0.25) is 0 Å². The maximum atomic E-state index is 13.4. The van der Waals surface area contributed by atoms with Gasteiger partial charge in [-0.2, -0.15) is 0 Å². The minimum absolute atomic E-state index is 0.00155. The molecule has 1 aliphatic heterocycles. The van der Waals surface area contributed by atoms with Crippen molar-refractivity contribution in [1.82, 2.24) is 9.80 Å². The molecule has 0 N–H and O–H groups in total. The van der Waals surface area contributed by atoms with E-state index in [1.165, 1.54) is 9.80 Å². The first-order valence-corrected chi connectivity index (χ1v) is 9.08. The summed E-state index contributed by atoms with van der Waals surface area (Å²) in [5, 5.41) is 22.4. The Kier molecular flexibility index (Phi) is 5.90. The van der Waals surface area contributed by atoms with Gasteiger partial charge in [0, 0.05) is 25.7 Å². The van der Waals surface area contributed by atoms with Gasteiger partial charge in [-0.3, -0.25) is 29.8 Å². The molecule has 1 fully saturated rings. The van der Waals surface area contributed by atoms with E-state index in [-0.39, 0.29) is 30.8 Å². The van der Waals surface area contributed by atoms with Crippen LogP contribution in [-0.4, -0.2) is 57.1 Å². The summed E-state index contributed by atoms with van der Waals surface area (Å²) in [7, 11) is 0. The van der Waals surface area contributed by atoms with Gasteiger partial charge in [-0.15, -0.1) is 0 Å². The summed E-state index contributed by atoms with van der Waals surface area (Å²) in [6.07, 6.45) is 0. The first kappa shape index (κ1) is 21.7. The number of carbonyl (C=O) groups is 2. The van der Waals surface area contributed by atoms with Crippen LogP contribution < -0.4 is 0 Å². The summed E-state index contributed by atoms with van der Waals surface area (Å²) in [4.78, 5) is 48.9. The number of benzene rings is 2. The van der Waals surface area contributed by atoms with Crippen molar-refractivity contribution in [1.29, 1.82) is 0 Å². The highest BCUT2D eigenvalue weighted by Crippen LogP contribution is 2.26. The third kappa shape index (κ3) is 4.32. The number of hydrogen-bond acceptors (Lipinski definition) is 6. The predicted molar refractivity (Wildman–Crippen MR) is 103 cm³/mol. The van der Waals surface area contributed by atoms with Crippen molar-refractivity contribution in [2.75, 3.05) is 19.6 Å². The molecule has 1 unspecified atom stereocenters. The van der Waals surface area contributed by atoms with E-state index in [1.807, 2.05) is 0 Å². The normalized spacial score (nSPS) is 16.2. The summed E-state index contributed by atoms with van der Waals surface area (Å²) in [5.41, 5.74) is -1.91. The van der Waals surface area contributed by atoms with Crippen LogP contribution in [0.15, 0.2) is 36.4 Å². The molecule has 1 heterocycles. The van der Waals surface area contributed by atoms with Crippen molar-refractivity contribution in [3.05, 3.63) is 79.4 Å². The zero-order valence-corrected chi connectivity index (χ0v) is 16.2. The molecule has 0 aliphatic carbocycles. The number of amides is 2. The SMILES string of the molecule is CC1CN(C(=O)c2ccc(F)cc2[N+](=O)[O-])CCN1C(=O)c1ccc(F)cc1[N+](=O)[O-]. The van der Waals surface area contributed by atoms with Gasteiger partial charge in [0.05, 0.1) is 22.0 Å². The summed E-state index contributed by atoms with van der Waals surface area (Å²) >= 11 is 0. The Morgan fingerprint density at radius 1 is 0.903 bits per heavy atom. The van der Waals surface area contributed by atoms with E-state index < -0.39 is 50.7 Å². The second kappa shape index (κ2) is 8.42. The summed E-state index contributed by atoms with van der Waals surface area (Å²) in [5.74, 6) is -3.10. The number of nitrogens with zero attached hydrogens (tertiary/aromatic N) is 4. The minimum atomic E-state index is -0.854. The van der Waals surface area contributed by atoms with Gasteiger partial charge in [0.25, 0.3) is 23.2 Å². The Balaban J connectivity index is 1.80. The van der Waals surface area contributed by atoms with Crippen LogP contribution in [-0.2, 0) is 0 Å². The van der Waals surface area contributed by atoms with Crippen molar-refractivity contribution in [2.45, 2.75) is 13.0 Å². The fourth-order valence-electron chi connectivity index (χ4n) is 3.44. The van der Waals surface area contributed by atoms with Gasteiger partial charge < -0.3 is 9.80 Å². The molecule has 162 valence electrons. The van der Waals surface area contributed by atoms with Crippen LogP contribution in [0.25, 0.3) is 0 Å². The van der Waals surface area contributed by atoms with Crippen molar-refractivity contribution < 1.29 is 28.2 Å². The van der Waals surface area contributed by atoms with E-state index in [9.17, 15) is 38.6 Å². The first-order valence-electron chi connectivity index (χ1n) is 9.08. The highest BCUT2D eigenvalue weighted by atomic mass is 19.1. The van der Waals surface area contributed by atoms with E-state index >= 15 is 0 Å². The molecule has 0 spiro atoms. The third-order valence-electron chi connectivity index (χ3n) is 4.95. The minimum Gasteiger partial charge on any atom is -0.335 e. The van der Waals surface area contributed by atoms with E-state index in [0.29, 0.717) is 12.1 Å². The number of hydrogen-bond donors (Lipinski definition) is 0. The maximum Gasteiger partial charge on any atom is 0.285 e. The molecule has 2 aromatic rings. The van der Waals surface area contributed by atoms with Crippen molar-refractivity contribution >= 4 is 23.2 Å². The van der Waals surface area contributed by atoms with Crippen LogP contribution in [0, 0.1) is 31.9 Å². The number of nitro benzene ring substituents is 2. The highest BCUT2D eigenvalue weighted by molar-refractivity contribution is 6.00. The molecule has 1 saturated heterocycles. The van der Waals surface area contributed by atoms with Crippen LogP contribution >= 0.6 is 0 Å². The second-order valence-corrected chi connectivity index (χ2v) is 6.94. The van der Waals surface area contributed by atoms with Crippen LogP contribution in [0.1, 0.15) is 27.6 Å². The Bertz CT molecular complexity index is 1090. The average Bonchev–Trinajstić information content (AvgIpc) is 2.72. The van der Waals surface area contributed by atoms with Gasteiger partial charge in [-0.1, -0.05) is 0 Å². The van der Waals surface area contributed by atoms with Gasteiger partial charge in [0.2, 0.25) is 0 Å². The molecule has 31 heavy (non-hydrogen) atoms. The molecule has 0 aromatic heterocycles. The lowest BCUT2D eigenvalue weighted by Crippen LogP contribution is -2.55. The quantitative estimate of drug-likeness (QED) is 0.538. The molecule has 12 heteroatoms. The monoisotopic (exact) mass is 434 g/mol. The maximum absolute atomic E-state index is 13.4. The second-order valence-electron chi connectivity index (χ2n) is 6.94. The van der Waals surface area contributed by atoms with E-state index in [0.717, 1.165) is 24.3 Å². The Hall–Kier alpha value is -3.96. The zero-order chi connectivity index (χ0) is 22.9. The predicted octanol–water partition coefficient (Wildman–Crippen LogP) is 2.77. The summed E-state index contributed by atoms with van der Waals surface area (Å²) < 4.78 is 26.7. The molecule has 10 nitrogen and oxygen atoms in total. The van der Waals surface area contributed by atoms with E-state index in [1.54, 1.807) is 6.92 Å². The lowest BCUT2D eigenvalue weighted by Gasteiger charge is -2.39. The number of halogens is 2. The van der Waals surface area contributed by atoms with Crippen LogP contribution in [0.5, 0.6) is 0 Å². The van der Waals surface area contributed by atoms with Crippen LogP contribution in [0.4, 0.5) is 20.2 Å².